The molecular weight excluding hydrogens is 385 g/mol. The van der Waals surface area contributed by atoms with E-state index in [4.69, 9.17) is 11.6 Å². The molecule has 8 heteroatoms. The van der Waals surface area contributed by atoms with Crippen LogP contribution in [0.25, 0.3) is 0 Å². The molecule has 0 aromatic heterocycles. The van der Waals surface area contributed by atoms with Crippen molar-refractivity contribution in [2.75, 3.05) is 11.9 Å². The highest BCUT2D eigenvalue weighted by molar-refractivity contribution is 6.30. The Balaban J connectivity index is 1.68. The minimum Gasteiger partial charge on any atom is -0.326 e. The third-order valence-electron chi connectivity index (χ3n) is 4.73. The molecule has 1 atom stereocenters. The number of anilines is 1. The van der Waals surface area contributed by atoms with Crippen LogP contribution in [-0.2, 0) is 15.1 Å². The Morgan fingerprint density at radius 1 is 1.14 bits per heavy atom. The molecule has 2 aromatic rings. The lowest BCUT2D eigenvalue weighted by atomic mass is 9.87. The summed E-state index contributed by atoms with van der Waals surface area (Å²) in [5.41, 5.74) is -0.0987. The van der Waals surface area contributed by atoms with E-state index in [2.05, 4.69) is 10.6 Å². The summed E-state index contributed by atoms with van der Waals surface area (Å²) in [6.07, 6.45) is 0.286. The van der Waals surface area contributed by atoms with Crippen molar-refractivity contribution in [1.29, 1.82) is 0 Å². The first-order valence-electron chi connectivity index (χ1n) is 8.81. The fourth-order valence-electron chi connectivity index (χ4n) is 3.17. The third kappa shape index (κ3) is 3.84. The molecule has 6 nitrogen and oxygen atoms in total. The zero-order valence-electron chi connectivity index (χ0n) is 15.2. The van der Waals surface area contributed by atoms with Crippen molar-refractivity contribution in [2.45, 2.75) is 25.3 Å². The number of amides is 4. The maximum atomic E-state index is 13.0. The Hall–Kier alpha value is -2.93. The van der Waals surface area contributed by atoms with Crippen molar-refractivity contribution in [3.8, 4) is 0 Å². The molecule has 1 heterocycles. The van der Waals surface area contributed by atoms with Crippen LogP contribution in [0.3, 0.4) is 0 Å². The van der Waals surface area contributed by atoms with Crippen molar-refractivity contribution >= 4 is 35.1 Å². The van der Waals surface area contributed by atoms with E-state index in [9.17, 15) is 18.8 Å². The van der Waals surface area contributed by atoms with Gasteiger partial charge in [-0.25, -0.2) is 9.18 Å². The van der Waals surface area contributed by atoms with E-state index in [1.807, 2.05) is 0 Å². The molecule has 28 heavy (non-hydrogen) atoms. The van der Waals surface area contributed by atoms with Gasteiger partial charge in [-0.15, -0.1) is 0 Å². The van der Waals surface area contributed by atoms with Crippen LogP contribution in [0.2, 0.25) is 5.02 Å². The first kappa shape index (κ1) is 19.8. The van der Waals surface area contributed by atoms with Gasteiger partial charge in [-0.2, -0.15) is 0 Å². The van der Waals surface area contributed by atoms with Crippen molar-refractivity contribution in [2.24, 2.45) is 0 Å². The second kappa shape index (κ2) is 7.98. The van der Waals surface area contributed by atoms with E-state index in [1.54, 1.807) is 31.2 Å². The number of halogens is 2. The molecule has 1 saturated heterocycles. The quantitative estimate of drug-likeness (QED) is 0.722. The fraction of sp³-hybridized carbons (Fsp3) is 0.250. The largest absolute Gasteiger partial charge is 0.326 e. The lowest BCUT2D eigenvalue weighted by Crippen LogP contribution is -2.43. The van der Waals surface area contributed by atoms with Crippen molar-refractivity contribution in [1.82, 2.24) is 10.2 Å². The normalized spacial score (nSPS) is 18.9. The number of imide groups is 1. The molecule has 146 valence electrons. The molecule has 0 radical (unpaired) electrons. The van der Waals surface area contributed by atoms with Crippen LogP contribution in [-0.4, -0.2) is 29.3 Å². The molecule has 1 aliphatic heterocycles. The van der Waals surface area contributed by atoms with Crippen LogP contribution in [0.4, 0.5) is 14.9 Å². The molecular formula is C20H19ClFN3O3. The number of nitrogens with zero attached hydrogens (tertiary/aromatic N) is 1. The SMILES string of the molecule is CCC1(c2ccc(Cl)cc2)NC(=O)N(CCC(=O)Nc2ccc(F)cc2)C1=O. The van der Waals surface area contributed by atoms with Gasteiger partial charge in [0, 0.05) is 23.7 Å². The van der Waals surface area contributed by atoms with Gasteiger partial charge in [0.05, 0.1) is 0 Å². The molecule has 1 unspecified atom stereocenters. The molecule has 4 amide bonds. The van der Waals surface area contributed by atoms with Crippen molar-refractivity contribution in [3.63, 3.8) is 0 Å². The van der Waals surface area contributed by atoms with Gasteiger partial charge in [0.15, 0.2) is 0 Å². The van der Waals surface area contributed by atoms with E-state index in [-0.39, 0.29) is 18.9 Å². The van der Waals surface area contributed by atoms with Gasteiger partial charge >= 0.3 is 6.03 Å². The summed E-state index contributed by atoms with van der Waals surface area (Å²) in [7, 11) is 0. The maximum absolute atomic E-state index is 13.0. The van der Waals surface area contributed by atoms with Crippen LogP contribution in [0.15, 0.2) is 48.5 Å². The molecule has 0 saturated carbocycles. The number of rotatable bonds is 6. The number of hydrogen-bond acceptors (Lipinski definition) is 3. The van der Waals surface area contributed by atoms with E-state index < -0.39 is 23.3 Å². The average molecular weight is 404 g/mol. The van der Waals surface area contributed by atoms with Gasteiger partial charge in [-0.3, -0.25) is 14.5 Å². The van der Waals surface area contributed by atoms with E-state index >= 15 is 0 Å². The highest BCUT2D eigenvalue weighted by atomic mass is 35.5. The molecule has 3 rings (SSSR count). The second-order valence-corrected chi connectivity index (χ2v) is 6.89. The summed E-state index contributed by atoms with van der Waals surface area (Å²) in [6, 6.07) is 11.5. The smallest absolute Gasteiger partial charge is 0.325 e. The molecule has 2 N–H and O–H groups in total. The Morgan fingerprint density at radius 3 is 2.39 bits per heavy atom. The number of carbonyl (C=O) groups is 3. The maximum Gasteiger partial charge on any atom is 0.325 e. The topological polar surface area (TPSA) is 78.5 Å². The van der Waals surface area contributed by atoms with Gasteiger partial charge in [0.1, 0.15) is 11.4 Å². The standard InChI is InChI=1S/C20H19ClFN3O3/c1-2-20(13-3-5-14(21)6-4-13)18(27)25(19(28)24-20)12-11-17(26)23-16-9-7-15(22)8-10-16/h3-10H,2,11-12H2,1H3,(H,23,26)(H,24,28). The summed E-state index contributed by atoms with van der Waals surface area (Å²) < 4.78 is 12.9. The van der Waals surface area contributed by atoms with Crippen molar-refractivity contribution in [3.05, 3.63) is 64.9 Å². The summed E-state index contributed by atoms with van der Waals surface area (Å²) in [4.78, 5) is 38.6. The summed E-state index contributed by atoms with van der Waals surface area (Å²) in [5, 5.41) is 5.89. The van der Waals surface area contributed by atoms with Gasteiger partial charge in [-0.05, 0) is 48.4 Å². The number of carbonyl (C=O) groups excluding carboxylic acids is 3. The lowest BCUT2D eigenvalue weighted by molar-refractivity contribution is -0.132. The summed E-state index contributed by atoms with van der Waals surface area (Å²) in [6.45, 7) is 1.74. The minimum atomic E-state index is -1.17. The molecule has 0 aliphatic carbocycles. The number of benzene rings is 2. The highest BCUT2D eigenvalue weighted by Crippen LogP contribution is 2.33. The second-order valence-electron chi connectivity index (χ2n) is 6.46. The Kier molecular flexibility index (Phi) is 5.65. The Bertz CT molecular complexity index is 902. The lowest BCUT2D eigenvalue weighted by Gasteiger charge is -2.25. The van der Waals surface area contributed by atoms with E-state index in [1.165, 1.54) is 24.3 Å². The predicted molar refractivity (Wildman–Crippen MR) is 103 cm³/mol. The predicted octanol–water partition coefficient (Wildman–Crippen LogP) is 3.67. The first-order valence-corrected chi connectivity index (χ1v) is 9.19. The van der Waals surface area contributed by atoms with Crippen LogP contribution >= 0.6 is 11.6 Å². The Labute approximate surface area is 166 Å². The van der Waals surface area contributed by atoms with Crippen LogP contribution in [0.1, 0.15) is 25.3 Å². The summed E-state index contributed by atoms with van der Waals surface area (Å²) >= 11 is 5.91. The molecule has 0 bridgehead atoms. The number of nitrogens with one attached hydrogen (secondary N) is 2. The third-order valence-corrected chi connectivity index (χ3v) is 4.99. The molecule has 0 spiro atoms. The van der Waals surface area contributed by atoms with E-state index in [0.717, 1.165) is 4.90 Å². The zero-order valence-corrected chi connectivity index (χ0v) is 15.9. The zero-order chi connectivity index (χ0) is 20.3. The number of urea groups is 1. The van der Waals surface area contributed by atoms with Crippen LogP contribution in [0, 0.1) is 5.82 Å². The monoisotopic (exact) mass is 403 g/mol. The van der Waals surface area contributed by atoms with Crippen LogP contribution < -0.4 is 10.6 Å². The highest BCUT2D eigenvalue weighted by Gasteiger charge is 2.51. The van der Waals surface area contributed by atoms with Crippen LogP contribution in [0.5, 0.6) is 0 Å². The Morgan fingerprint density at radius 2 is 1.79 bits per heavy atom. The van der Waals surface area contributed by atoms with E-state index in [0.29, 0.717) is 22.7 Å². The summed E-state index contributed by atoms with van der Waals surface area (Å²) in [5.74, 6) is -1.19. The molecule has 1 fully saturated rings. The minimum absolute atomic E-state index is 0.0625. The van der Waals surface area contributed by atoms with Gasteiger partial charge in [0.25, 0.3) is 5.91 Å². The average Bonchev–Trinajstić information content (AvgIpc) is 2.93. The number of hydrogen-bond donors (Lipinski definition) is 2. The van der Waals surface area contributed by atoms with Gasteiger partial charge in [0.2, 0.25) is 5.91 Å². The fourth-order valence-corrected chi connectivity index (χ4v) is 3.30. The van der Waals surface area contributed by atoms with Gasteiger partial charge in [-0.1, -0.05) is 30.7 Å². The first-order chi connectivity index (χ1) is 13.4. The van der Waals surface area contributed by atoms with Gasteiger partial charge < -0.3 is 10.6 Å². The molecule has 2 aromatic carbocycles. The van der Waals surface area contributed by atoms with Crippen molar-refractivity contribution < 1.29 is 18.8 Å². The molecule has 1 aliphatic rings.